The second kappa shape index (κ2) is 7.55. The molecule has 0 aliphatic rings. The Morgan fingerprint density at radius 2 is 2.00 bits per heavy atom. The molecule has 4 aromatic rings. The minimum Gasteiger partial charge on any atom is -0.332 e. The van der Waals surface area contributed by atoms with Crippen molar-refractivity contribution in [3.63, 3.8) is 0 Å². The molecule has 2 heterocycles. The lowest BCUT2D eigenvalue weighted by molar-refractivity contribution is 0.101. The minimum absolute atomic E-state index is 0.134. The number of fused-ring (bicyclic) bond motifs is 2. The van der Waals surface area contributed by atoms with Gasteiger partial charge in [-0.2, -0.15) is 0 Å². The van der Waals surface area contributed by atoms with Crippen LogP contribution in [0.15, 0.2) is 67.4 Å². The smallest absolute Gasteiger partial charge is 0.272 e. The molecule has 0 fully saturated rings. The lowest BCUT2D eigenvalue weighted by atomic mass is 10.0. The first-order valence-electron chi connectivity index (χ1n) is 9.90. The maximum absolute atomic E-state index is 13.4. The molecule has 0 saturated heterocycles. The van der Waals surface area contributed by atoms with Crippen LogP contribution in [0.3, 0.4) is 0 Å². The number of allylic oxidation sites excluding steroid dienone is 1. The molecular weight excluding hydrogens is 358 g/mol. The average molecular weight is 383 g/mol. The van der Waals surface area contributed by atoms with E-state index >= 15 is 0 Å². The van der Waals surface area contributed by atoms with Gasteiger partial charge in [0.05, 0.1) is 11.2 Å². The van der Waals surface area contributed by atoms with Gasteiger partial charge in [0.25, 0.3) is 5.91 Å². The molecule has 1 N–H and O–H groups in total. The van der Waals surface area contributed by atoms with Crippen molar-refractivity contribution in [1.82, 2.24) is 9.55 Å². The van der Waals surface area contributed by atoms with Gasteiger partial charge < -0.3 is 9.88 Å². The molecule has 1 amide bonds. The fraction of sp³-hybridized carbons (Fsp3) is 0.200. The summed E-state index contributed by atoms with van der Waals surface area (Å²) >= 11 is 0. The van der Waals surface area contributed by atoms with E-state index in [0.29, 0.717) is 23.8 Å². The number of aromatic nitrogens is 2. The van der Waals surface area contributed by atoms with Crippen LogP contribution in [-0.2, 0) is 6.54 Å². The number of nitrogens with one attached hydrogen (secondary N) is 1. The number of carbonyl (C=O) groups excluding carboxylic acids is 1. The van der Waals surface area contributed by atoms with Crippen LogP contribution in [0.4, 0.5) is 5.69 Å². The third-order valence-electron chi connectivity index (χ3n) is 5.41. The Morgan fingerprint density at radius 1 is 1.21 bits per heavy atom. The zero-order chi connectivity index (χ0) is 20.5. The Labute approximate surface area is 170 Å². The van der Waals surface area contributed by atoms with Crippen molar-refractivity contribution >= 4 is 33.4 Å². The monoisotopic (exact) mass is 383 g/mol. The Bertz CT molecular complexity index is 1230. The number of carbonyl (C=O) groups is 1. The molecular formula is C25H25N3O. The molecule has 0 unspecified atom stereocenters. The van der Waals surface area contributed by atoms with Crippen molar-refractivity contribution in [2.75, 3.05) is 5.32 Å². The van der Waals surface area contributed by atoms with Crippen molar-refractivity contribution in [2.45, 2.75) is 33.2 Å². The van der Waals surface area contributed by atoms with Crippen LogP contribution < -0.4 is 5.32 Å². The summed E-state index contributed by atoms with van der Waals surface area (Å²) in [6, 6.07) is 16.1. The van der Waals surface area contributed by atoms with Crippen LogP contribution in [0.25, 0.3) is 21.8 Å². The van der Waals surface area contributed by atoms with Crippen molar-refractivity contribution in [2.24, 2.45) is 0 Å². The highest BCUT2D eigenvalue weighted by atomic mass is 16.2. The van der Waals surface area contributed by atoms with Gasteiger partial charge in [-0.05, 0) is 48.2 Å². The molecule has 4 nitrogen and oxygen atoms in total. The van der Waals surface area contributed by atoms with Crippen molar-refractivity contribution < 1.29 is 4.79 Å². The minimum atomic E-state index is -0.134. The fourth-order valence-corrected chi connectivity index (χ4v) is 3.90. The first kappa shape index (κ1) is 18.9. The lowest BCUT2D eigenvalue weighted by Gasteiger charge is -2.11. The van der Waals surface area contributed by atoms with Crippen LogP contribution in [0.1, 0.15) is 41.4 Å². The van der Waals surface area contributed by atoms with Gasteiger partial charge in [-0.1, -0.05) is 44.2 Å². The van der Waals surface area contributed by atoms with Crippen molar-refractivity contribution in [3.05, 3.63) is 84.2 Å². The maximum Gasteiger partial charge on any atom is 0.272 e. The van der Waals surface area contributed by atoms with Crippen LogP contribution >= 0.6 is 0 Å². The Kier molecular flexibility index (Phi) is 4.93. The first-order valence-corrected chi connectivity index (χ1v) is 9.90. The van der Waals surface area contributed by atoms with E-state index in [4.69, 9.17) is 0 Å². The summed E-state index contributed by atoms with van der Waals surface area (Å²) in [4.78, 5) is 17.8. The number of benzene rings is 2. The van der Waals surface area contributed by atoms with Crippen molar-refractivity contribution in [3.8, 4) is 0 Å². The second-order valence-electron chi connectivity index (χ2n) is 7.64. The highest BCUT2D eigenvalue weighted by Gasteiger charge is 2.21. The topological polar surface area (TPSA) is 46.9 Å². The fourth-order valence-electron chi connectivity index (χ4n) is 3.90. The Morgan fingerprint density at radius 3 is 2.76 bits per heavy atom. The van der Waals surface area contributed by atoms with E-state index in [2.05, 4.69) is 48.9 Å². The molecule has 0 radical (unpaired) electrons. The number of nitrogens with zero attached hydrogens (tertiary/aromatic N) is 2. The Balaban J connectivity index is 1.83. The molecule has 2 aromatic carbocycles. The molecule has 0 aliphatic carbocycles. The number of para-hydroxylation sites is 1. The molecule has 4 heteroatoms. The third-order valence-corrected chi connectivity index (χ3v) is 5.41. The van der Waals surface area contributed by atoms with Gasteiger partial charge >= 0.3 is 0 Å². The second-order valence-corrected chi connectivity index (χ2v) is 7.64. The number of rotatable bonds is 5. The molecule has 0 saturated carbocycles. The molecule has 0 atom stereocenters. The van der Waals surface area contributed by atoms with E-state index in [-0.39, 0.29) is 5.91 Å². The van der Waals surface area contributed by atoms with E-state index in [9.17, 15) is 4.79 Å². The highest BCUT2D eigenvalue weighted by Crippen LogP contribution is 2.30. The van der Waals surface area contributed by atoms with Gasteiger partial charge in [-0.3, -0.25) is 9.78 Å². The zero-order valence-corrected chi connectivity index (χ0v) is 17.1. The van der Waals surface area contributed by atoms with E-state index in [1.807, 2.05) is 47.9 Å². The number of hydrogen-bond acceptors (Lipinski definition) is 2. The van der Waals surface area contributed by atoms with Gasteiger partial charge in [-0.25, -0.2) is 0 Å². The zero-order valence-electron chi connectivity index (χ0n) is 17.1. The lowest BCUT2D eigenvalue weighted by Crippen LogP contribution is -2.18. The average Bonchev–Trinajstić information content (AvgIpc) is 3.00. The quantitative estimate of drug-likeness (QED) is 0.426. The number of amides is 1. The van der Waals surface area contributed by atoms with E-state index in [0.717, 1.165) is 27.4 Å². The third kappa shape index (κ3) is 3.31. The maximum atomic E-state index is 13.4. The SMILES string of the molecule is C=CCn1c(C(=O)Nc2cccc3cccnc23)c(C)c2cc(C(C)C)ccc21. The number of hydrogen-bond donors (Lipinski definition) is 1. The number of aryl methyl sites for hydroxylation is 1. The van der Waals surface area contributed by atoms with Crippen LogP contribution in [-0.4, -0.2) is 15.5 Å². The van der Waals surface area contributed by atoms with Crippen LogP contribution in [0.5, 0.6) is 0 Å². The van der Waals surface area contributed by atoms with Gasteiger partial charge in [0, 0.05) is 29.0 Å². The first-order chi connectivity index (χ1) is 14.0. The molecule has 29 heavy (non-hydrogen) atoms. The summed E-state index contributed by atoms with van der Waals surface area (Å²) in [5, 5.41) is 5.19. The largest absolute Gasteiger partial charge is 0.332 e. The van der Waals surface area contributed by atoms with Crippen LogP contribution in [0, 0.1) is 6.92 Å². The predicted molar refractivity (Wildman–Crippen MR) is 121 cm³/mol. The van der Waals surface area contributed by atoms with E-state index < -0.39 is 0 Å². The van der Waals surface area contributed by atoms with Gasteiger partial charge in [0.2, 0.25) is 0 Å². The summed E-state index contributed by atoms with van der Waals surface area (Å²) in [6.07, 6.45) is 3.57. The molecule has 0 aliphatic heterocycles. The molecule has 146 valence electrons. The van der Waals surface area contributed by atoms with Crippen molar-refractivity contribution in [1.29, 1.82) is 0 Å². The predicted octanol–water partition coefficient (Wildman–Crippen LogP) is 6.06. The molecule has 0 bridgehead atoms. The summed E-state index contributed by atoms with van der Waals surface area (Å²) in [5.41, 5.74) is 5.46. The van der Waals surface area contributed by atoms with Gasteiger partial charge in [0.1, 0.15) is 5.69 Å². The summed E-state index contributed by atoms with van der Waals surface area (Å²) in [5.74, 6) is 0.297. The molecule has 2 aromatic heterocycles. The summed E-state index contributed by atoms with van der Waals surface area (Å²) < 4.78 is 2.04. The van der Waals surface area contributed by atoms with Crippen LogP contribution in [0.2, 0.25) is 0 Å². The molecule has 0 spiro atoms. The summed E-state index contributed by atoms with van der Waals surface area (Å²) in [7, 11) is 0. The molecule has 4 rings (SSSR count). The Hall–Kier alpha value is -3.40. The van der Waals surface area contributed by atoms with E-state index in [1.54, 1.807) is 6.20 Å². The number of anilines is 1. The standard InChI is InChI=1S/C25H25N3O/c1-5-14-28-22-12-11-19(16(2)3)15-20(22)17(4)24(28)25(29)27-21-10-6-8-18-9-7-13-26-23(18)21/h5-13,15-16H,1,14H2,2-4H3,(H,27,29). The van der Waals surface area contributed by atoms with Gasteiger partial charge in [-0.15, -0.1) is 6.58 Å². The summed E-state index contributed by atoms with van der Waals surface area (Å²) in [6.45, 7) is 10.8. The number of pyridine rings is 1. The normalized spacial score (nSPS) is 11.3. The van der Waals surface area contributed by atoms with Gasteiger partial charge in [0.15, 0.2) is 0 Å². The van der Waals surface area contributed by atoms with E-state index in [1.165, 1.54) is 5.56 Å². The highest BCUT2D eigenvalue weighted by molar-refractivity contribution is 6.11.